The molecule has 0 saturated heterocycles. The number of nitrogens with one attached hydrogen (secondary N) is 1. The number of hydrogen-bond donors (Lipinski definition) is 1. The summed E-state index contributed by atoms with van der Waals surface area (Å²) in [5.74, 6) is 0. The van der Waals surface area contributed by atoms with E-state index in [2.05, 4.69) is 51.2 Å². The summed E-state index contributed by atoms with van der Waals surface area (Å²) in [6.07, 6.45) is 0. The van der Waals surface area contributed by atoms with E-state index in [1.807, 2.05) is 18.2 Å². The highest BCUT2D eigenvalue weighted by atomic mass is 14.9. The second-order valence-electron chi connectivity index (χ2n) is 4.61. The third kappa shape index (κ3) is 2.33. The fraction of sp³-hybridized carbons (Fsp3) is 0.250. The van der Waals surface area contributed by atoms with Crippen LogP contribution >= 0.6 is 0 Å². The van der Waals surface area contributed by atoms with Crippen LogP contribution in [0.15, 0.2) is 36.4 Å². The SMILES string of the molecule is Cc1cc(Nc2ccccc2)c(C)c(C)c1C. The molecule has 88 valence electrons. The Morgan fingerprint density at radius 3 is 2.06 bits per heavy atom. The Morgan fingerprint density at radius 1 is 0.765 bits per heavy atom. The fourth-order valence-corrected chi connectivity index (χ4v) is 2.02. The summed E-state index contributed by atoms with van der Waals surface area (Å²) in [6.45, 7) is 8.71. The molecule has 1 N–H and O–H groups in total. The Labute approximate surface area is 103 Å². The van der Waals surface area contributed by atoms with Crippen molar-refractivity contribution in [3.8, 4) is 0 Å². The van der Waals surface area contributed by atoms with Gasteiger partial charge in [-0.3, -0.25) is 0 Å². The van der Waals surface area contributed by atoms with Gasteiger partial charge in [0.2, 0.25) is 0 Å². The molecule has 0 aliphatic heterocycles. The molecular weight excluding hydrogens is 206 g/mol. The molecule has 0 radical (unpaired) electrons. The van der Waals surface area contributed by atoms with E-state index in [9.17, 15) is 0 Å². The molecule has 0 aliphatic carbocycles. The van der Waals surface area contributed by atoms with E-state index in [4.69, 9.17) is 0 Å². The molecule has 2 aromatic rings. The first-order valence-electron chi connectivity index (χ1n) is 5.99. The van der Waals surface area contributed by atoms with E-state index < -0.39 is 0 Å². The standard InChI is InChI=1S/C16H19N/c1-11-10-16(14(4)13(3)12(11)2)17-15-8-6-5-7-9-15/h5-10,17H,1-4H3. The third-order valence-corrected chi connectivity index (χ3v) is 3.53. The summed E-state index contributed by atoms with van der Waals surface area (Å²) in [4.78, 5) is 0. The van der Waals surface area contributed by atoms with Gasteiger partial charge in [-0.15, -0.1) is 0 Å². The van der Waals surface area contributed by atoms with Gasteiger partial charge >= 0.3 is 0 Å². The second-order valence-corrected chi connectivity index (χ2v) is 4.61. The molecule has 2 rings (SSSR count). The van der Waals surface area contributed by atoms with Gasteiger partial charge in [-0.2, -0.15) is 0 Å². The lowest BCUT2D eigenvalue weighted by Crippen LogP contribution is -1.98. The maximum Gasteiger partial charge on any atom is 0.0419 e. The first-order chi connectivity index (χ1) is 8.09. The lowest BCUT2D eigenvalue weighted by Gasteiger charge is -2.15. The Kier molecular flexibility index (Phi) is 3.19. The van der Waals surface area contributed by atoms with Gasteiger partial charge in [0.25, 0.3) is 0 Å². The Balaban J connectivity index is 2.41. The minimum atomic E-state index is 1.14. The van der Waals surface area contributed by atoms with Crippen LogP contribution in [0.2, 0.25) is 0 Å². The molecule has 2 aromatic carbocycles. The first kappa shape index (κ1) is 11.7. The van der Waals surface area contributed by atoms with E-state index in [0.717, 1.165) is 5.69 Å². The van der Waals surface area contributed by atoms with Crippen LogP contribution in [0.1, 0.15) is 22.3 Å². The lowest BCUT2D eigenvalue weighted by atomic mass is 9.97. The molecule has 0 atom stereocenters. The number of para-hydroxylation sites is 1. The van der Waals surface area contributed by atoms with Gasteiger partial charge in [-0.25, -0.2) is 0 Å². The third-order valence-electron chi connectivity index (χ3n) is 3.53. The average Bonchev–Trinajstić information content (AvgIpc) is 2.35. The van der Waals surface area contributed by atoms with E-state index in [1.165, 1.54) is 27.9 Å². The Morgan fingerprint density at radius 2 is 1.41 bits per heavy atom. The highest BCUT2D eigenvalue weighted by molar-refractivity contribution is 5.66. The summed E-state index contributed by atoms with van der Waals surface area (Å²) in [5.41, 5.74) is 7.78. The molecule has 1 heteroatoms. The van der Waals surface area contributed by atoms with Gasteiger partial charge in [0.05, 0.1) is 0 Å². The first-order valence-corrected chi connectivity index (χ1v) is 5.99. The number of anilines is 2. The van der Waals surface area contributed by atoms with Crippen molar-refractivity contribution >= 4 is 11.4 Å². The molecular formula is C16H19N. The quantitative estimate of drug-likeness (QED) is 0.783. The average molecular weight is 225 g/mol. The van der Waals surface area contributed by atoms with Crippen molar-refractivity contribution in [3.63, 3.8) is 0 Å². The highest BCUT2D eigenvalue weighted by Crippen LogP contribution is 2.27. The van der Waals surface area contributed by atoms with Crippen LogP contribution in [0.25, 0.3) is 0 Å². The van der Waals surface area contributed by atoms with Crippen LogP contribution in [0, 0.1) is 27.7 Å². The normalized spacial score (nSPS) is 10.4. The van der Waals surface area contributed by atoms with Crippen molar-refractivity contribution in [1.29, 1.82) is 0 Å². The highest BCUT2D eigenvalue weighted by Gasteiger charge is 2.06. The maximum atomic E-state index is 3.48. The van der Waals surface area contributed by atoms with Gasteiger partial charge < -0.3 is 5.32 Å². The van der Waals surface area contributed by atoms with Crippen molar-refractivity contribution in [2.45, 2.75) is 27.7 Å². The Bertz CT molecular complexity index is 527. The van der Waals surface area contributed by atoms with Crippen LogP contribution < -0.4 is 5.32 Å². The topological polar surface area (TPSA) is 12.0 Å². The fourth-order valence-electron chi connectivity index (χ4n) is 2.02. The number of hydrogen-bond acceptors (Lipinski definition) is 1. The molecule has 0 heterocycles. The maximum absolute atomic E-state index is 3.48. The molecule has 0 aliphatic rings. The molecule has 0 saturated carbocycles. The van der Waals surface area contributed by atoms with E-state index in [0.29, 0.717) is 0 Å². The molecule has 0 spiro atoms. The number of benzene rings is 2. The number of rotatable bonds is 2. The van der Waals surface area contributed by atoms with Crippen molar-refractivity contribution in [2.24, 2.45) is 0 Å². The summed E-state index contributed by atoms with van der Waals surface area (Å²) < 4.78 is 0. The van der Waals surface area contributed by atoms with Gasteiger partial charge in [-0.05, 0) is 68.1 Å². The Hall–Kier alpha value is -1.76. The van der Waals surface area contributed by atoms with Crippen LogP contribution in [0.3, 0.4) is 0 Å². The van der Waals surface area contributed by atoms with E-state index in [1.54, 1.807) is 0 Å². The monoisotopic (exact) mass is 225 g/mol. The van der Waals surface area contributed by atoms with Crippen molar-refractivity contribution in [3.05, 3.63) is 58.7 Å². The van der Waals surface area contributed by atoms with Crippen molar-refractivity contribution < 1.29 is 0 Å². The molecule has 0 amide bonds. The largest absolute Gasteiger partial charge is 0.355 e. The molecule has 0 fully saturated rings. The minimum absolute atomic E-state index is 1.14. The van der Waals surface area contributed by atoms with Gasteiger partial charge in [-0.1, -0.05) is 18.2 Å². The zero-order valence-corrected chi connectivity index (χ0v) is 11.0. The summed E-state index contributed by atoms with van der Waals surface area (Å²) in [7, 11) is 0. The predicted molar refractivity (Wildman–Crippen MR) is 75.1 cm³/mol. The predicted octanol–water partition coefficient (Wildman–Crippen LogP) is 4.66. The molecule has 1 nitrogen and oxygen atoms in total. The van der Waals surface area contributed by atoms with Crippen LogP contribution in [0.4, 0.5) is 11.4 Å². The summed E-state index contributed by atoms with van der Waals surface area (Å²) in [5, 5.41) is 3.48. The summed E-state index contributed by atoms with van der Waals surface area (Å²) in [6, 6.07) is 12.5. The lowest BCUT2D eigenvalue weighted by molar-refractivity contribution is 1.21. The molecule has 0 aromatic heterocycles. The van der Waals surface area contributed by atoms with Crippen molar-refractivity contribution in [1.82, 2.24) is 0 Å². The summed E-state index contributed by atoms with van der Waals surface area (Å²) >= 11 is 0. The number of aryl methyl sites for hydroxylation is 1. The zero-order chi connectivity index (χ0) is 12.4. The minimum Gasteiger partial charge on any atom is -0.355 e. The zero-order valence-electron chi connectivity index (χ0n) is 11.0. The van der Waals surface area contributed by atoms with Gasteiger partial charge in [0, 0.05) is 11.4 Å². The molecule has 17 heavy (non-hydrogen) atoms. The van der Waals surface area contributed by atoms with Gasteiger partial charge in [0.1, 0.15) is 0 Å². The second kappa shape index (κ2) is 4.62. The van der Waals surface area contributed by atoms with E-state index >= 15 is 0 Å². The molecule has 0 unspecified atom stereocenters. The van der Waals surface area contributed by atoms with E-state index in [-0.39, 0.29) is 0 Å². The van der Waals surface area contributed by atoms with Crippen LogP contribution in [-0.2, 0) is 0 Å². The van der Waals surface area contributed by atoms with Crippen molar-refractivity contribution in [2.75, 3.05) is 5.32 Å². The van der Waals surface area contributed by atoms with Crippen LogP contribution in [0.5, 0.6) is 0 Å². The molecule has 0 bridgehead atoms. The smallest absolute Gasteiger partial charge is 0.0419 e. The van der Waals surface area contributed by atoms with Gasteiger partial charge in [0.15, 0.2) is 0 Å². The van der Waals surface area contributed by atoms with Crippen LogP contribution in [-0.4, -0.2) is 0 Å².